The molecule has 0 saturated carbocycles. The van der Waals surface area contributed by atoms with E-state index in [-0.39, 0.29) is 22.6 Å². The number of benzene rings is 2. The monoisotopic (exact) mass is 710 g/mol. The van der Waals surface area contributed by atoms with Crippen LogP contribution in [0.1, 0.15) is 69.9 Å². The molecule has 0 radical (unpaired) electrons. The zero-order valence-corrected chi connectivity index (χ0v) is 29.4. The number of aliphatic hydroxyl groups excluding tert-OH is 1. The van der Waals surface area contributed by atoms with E-state index >= 15 is 0 Å². The molecule has 0 fully saturated rings. The first-order valence-corrected chi connectivity index (χ1v) is 18.3. The molecule has 1 aromatic heterocycles. The molecule has 0 spiro atoms. The minimum atomic E-state index is -0.922. The van der Waals surface area contributed by atoms with Gasteiger partial charge in [0.05, 0.1) is 11.9 Å². The van der Waals surface area contributed by atoms with E-state index in [9.17, 15) is 9.90 Å². The Hall–Kier alpha value is -3.29. The van der Waals surface area contributed by atoms with Crippen LogP contribution in [0.15, 0.2) is 65.9 Å². The number of aromatic nitrogens is 2. The van der Waals surface area contributed by atoms with Gasteiger partial charge in [0.1, 0.15) is 16.6 Å². The molecule has 2 heterocycles. The van der Waals surface area contributed by atoms with Crippen molar-refractivity contribution < 1.29 is 45.6 Å². The van der Waals surface area contributed by atoms with Gasteiger partial charge in [0.15, 0.2) is 11.9 Å². The molecular weight excluding hydrogens is 671 g/mol. The third kappa shape index (κ3) is 8.63. The Morgan fingerprint density at radius 2 is 1.68 bits per heavy atom. The third-order valence-electron chi connectivity index (χ3n) is 4.72. The summed E-state index contributed by atoms with van der Waals surface area (Å²) in [6.45, 7) is 15.7. The maximum atomic E-state index is 12.7. The van der Waals surface area contributed by atoms with Crippen molar-refractivity contribution in [3.8, 4) is 11.4 Å². The Morgan fingerprint density at radius 1 is 1.08 bits per heavy atom. The number of esters is 1. The minimum absolute atomic E-state index is 0.0345. The number of ether oxygens (including phenoxy) is 1. The molecule has 10 heteroatoms. The molecule has 0 bridgehead atoms. The van der Waals surface area contributed by atoms with Crippen LogP contribution in [0.2, 0.25) is 4.43 Å². The molecule has 3 aromatic rings. The standard InChI is InChI=1S/C21H17N5O4.3C2H6.CH3.Hg/c1-12-10-23-26(11-12)15-8-13(2)17(16(9-15)30-25-24-22)18-19(27)20(29-21(18)28)14-6-4-3-5-7-14;3*1-2;;/h3-11,20,27H,1-2H3;3*1-2H3;1H3;. The van der Waals surface area contributed by atoms with Crippen LogP contribution in [-0.2, 0) is 35.7 Å². The number of hydrogen-bond acceptors (Lipinski definition) is 6. The zero-order chi connectivity index (χ0) is 29.3. The number of aryl methyl sites for hydroxylation is 2. The van der Waals surface area contributed by atoms with Crippen molar-refractivity contribution in [3.63, 3.8) is 0 Å². The molecule has 4 rings (SSSR count). The fourth-order valence-electron chi connectivity index (χ4n) is 3.42. The summed E-state index contributed by atoms with van der Waals surface area (Å²) in [6.07, 6.45) is 2.59. The van der Waals surface area contributed by atoms with E-state index in [2.05, 4.69) is 19.7 Å². The van der Waals surface area contributed by atoms with E-state index in [4.69, 9.17) is 15.1 Å². The molecule has 38 heavy (non-hydrogen) atoms. The molecule has 1 unspecified atom stereocenters. The van der Waals surface area contributed by atoms with E-state index in [1.54, 1.807) is 54.2 Å². The van der Waals surface area contributed by atoms with Crippen molar-refractivity contribution in [2.75, 3.05) is 0 Å². The number of rotatable bonds is 5. The summed E-state index contributed by atoms with van der Waals surface area (Å²) < 4.78 is 9.24. The number of aliphatic hydroxyl groups is 1. The van der Waals surface area contributed by atoms with Gasteiger partial charge in [-0.15, -0.1) is 0 Å². The first kappa shape index (κ1) is 34.7. The van der Waals surface area contributed by atoms with E-state index in [0.717, 1.165) is 31.7 Å². The molecule has 2 aromatic carbocycles. The molecule has 9 nitrogen and oxygen atoms in total. The normalized spacial score (nSPS) is 13.0. The molecule has 1 aliphatic rings. The Labute approximate surface area is 242 Å². The van der Waals surface area contributed by atoms with Crippen LogP contribution in [0.3, 0.4) is 0 Å². The van der Waals surface area contributed by atoms with Gasteiger partial charge >= 0.3 is 36.5 Å². The van der Waals surface area contributed by atoms with Crippen LogP contribution >= 0.6 is 0 Å². The summed E-state index contributed by atoms with van der Waals surface area (Å²) in [4.78, 5) is 20.5. The van der Waals surface area contributed by atoms with Crippen molar-refractivity contribution >= 4 is 11.5 Å². The first-order valence-electron chi connectivity index (χ1n) is 12.8. The molecular formula is C28H38HgN5O4. The Morgan fingerprint density at radius 3 is 2.21 bits per heavy atom. The topological polar surface area (TPSA) is 122 Å². The predicted octanol–water partition coefficient (Wildman–Crippen LogP) is 8.32. The molecule has 1 aliphatic heterocycles. The molecule has 201 valence electrons. The molecule has 1 N–H and O–H groups in total. The van der Waals surface area contributed by atoms with Crippen LogP contribution in [0.25, 0.3) is 21.7 Å². The number of nitrogens with zero attached hydrogens (tertiary/aromatic N) is 5. The van der Waals surface area contributed by atoms with Crippen molar-refractivity contribution in [1.82, 2.24) is 9.78 Å². The second kappa shape index (κ2) is 18.9. The third-order valence-corrected chi connectivity index (χ3v) is 4.72. The van der Waals surface area contributed by atoms with Crippen LogP contribution in [0.5, 0.6) is 5.75 Å². The number of carbonyl (C=O) groups excluding carboxylic acids is 1. The van der Waals surface area contributed by atoms with Gasteiger partial charge in [0, 0.05) is 28.3 Å². The second-order valence-corrected chi connectivity index (χ2v) is 6.82. The maximum absolute atomic E-state index is 12.7. The Kier molecular flexibility index (Phi) is 17.2. The number of azide groups is 1. The second-order valence-electron chi connectivity index (χ2n) is 6.82. The van der Waals surface area contributed by atoms with Crippen LogP contribution < -0.4 is 4.84 Å². The summed E-state index contributed by atoms with van der Waals surface area (Å²) in [5, 5.41) is 18.3. The SMILES string of the molecule is CC.CC.CC.Cc1cnn(-c2cc(C)c(C3=C(O)C(c4ccccc4)OC3=O)c(ON=[N+]=[N-])c2)c1.[CH3][Hg]. The fraction of sp³-hybridized carbons (Fsp3) is 0.357. The van der Waals surface area contributed by atoms with Gasteiger partial charge in [-0.3, -0.25) is 0 Å². The van der Waals surface area contributed by atoms with Crippen molar-refractivity contribution in [3.05, 3.63) is 93.3 Å². The predicted molar refractivity (Wildman–Crippen MR) is 148 cm³/mol. The number of hydrogen-bond donors (Lipinski definition) is 1. The van der Waals surface area contributed by atoms with E-state index in [0.29, 0.717) is 16.8 Å². The van der Waals surface area contributed by atoms with Gasteiger partial charge in [-0.05, 0) is 36.6 Å². The molecule has 1 atom stereocenters. The van der Waals surface area contributed by atoms with Gasteiger partial charge in [-0.1, -0.05) is 71.9 Å². The molecule has 0 saturated heterocycles. The van der Waals surface area contributed by atoms with Gasteiger partial charge in [-0.2, -0.15) is 5.10 Å². The van der Waals surface area contributed by atoms with Gasteiger partial charge in [-0.25, -0.2) is 9.48 Å². The average molecular weight is 709 g/mol. The fourth-order valence-corrected chi connectivity index (χ4v) is 3.42. The zero-order valence-electron chi connectivity index (χ0n) is 23.9. The van der Waals surface area contributed by atoms with E-state index in [1.165, 1.54) is 0 Å². The van der Waals surface area contributed by atoms with Crippen LogP contribution in [0.4, 0.5) is 0 Å². The summed E-state index contributed by atoms with van der Waals surface area (Å²) in [6, 6.07) is 12.3. The van der Waals surface area contributed by atoms with Gasteiger partial charge in [0.25, 0.3) is 0 Å². The average Bonchev–Trinajstić information content (AvgIpc) is 3.54. The van der Waals surface area contributed by atoms with Crippen LogP contribution in [-0.4, -0.2) is 20.9 Å². The van der Waals surface area contributed by atoms with Gasteiger partial charge < -0.3 is 14.7 Å². The van der Waals surface area contributed by atoms with E-state index in [1.807, 2.05) is 60.7 Å². The molecule has 0 amide bonds. The summed E-state index contributed by atoms with van der Waals surface area (Å²) in [7, 11) is 0. The number of cyclic esters (lactones) is 1. The summed E-state index contributed by atoms with van der Waals surface area (Å²) in [5.41, 5.74) is 11.8. The molecule has 0 aliphatic carbocycles. The quantitative estimate of drug-likeness (QED) is 0.0713. The Balaban J connectivity index is 0.00000157. The summed E-state index contributed by atoms with van der Waals surface area (Å²) >= 11 is 1.03. The van der Waals surface area contributed by atoms with Crippen molar-refractivity contribution in [2.45, 2.75) is 65.9 Å². The Bertz CT molecular complexity index is 1220. The first-order chi connectivity index (χ1) is 18.5. The van der Waals surface area contributed by atoms with E-state index < -0.39 is 12.1 Å². The van der Waals surface area contributed by atoms with Crippen molar-refractivity contribution in [1.29, 1.82) is 0 Å². The van der Waals surface area contributed by atoms with Gasteiger partial charge in [0.2, 0.25) is 0 Å². The summed E-state index contributed by atoms with van der Waals surface area (Å²) in [5.74, 6) is -0.830. The van der Waals surface area contributed by atoms with Crippen LogP contribution in [0, 0.1) is 13.8 Å². The number of carbonyl (C=O) groups is 1. The van der Waals surface area contributed by atoms with Crippen molar-refractivity contribution in [2.24, 2.45) is 5.28 Å².